The molecule has 1 N–H and O–H groups in total. The number of nitrogens with zero attached hydrogens (tertiary/aromatic N) is 1. The summed E-state index contributed by atoms with van der Waals surface area (Å²) in [6.07, 6.45) is 1.72. The summed E-state index contributed by atoms with van der Waals surface area (Å²) >= 11 is 6.46. The predicted octanol–water partition coefficient (Wildman–Crippen LogP) is 3.59. The van der Waals surface area contributed by atoms with E-state index in [0.29, 0.717) is 20.5 Å². The minimum absolute atomic E-state index is 0.172. The zero-order valence-electron chi connectivity index (χ0n) is 13.2. The van der Waals surface area contributed by atoms with E-state index >= 15 is 0 Å². The molecule has 0 aliphatic carbocycles. The van der Waals surface area contributed by atoms with E-state index in [-0.39, 0.29) is 17.6 Å². The first kappa shape index (κ1) is 17.3. The predicted molar refractivity (Wildman–Crippen MR) is 102 cm³/mol. The highest BCUT2D eigenvalue weighted by molar-refractivity contribution is 8.27. The van der Waals surface area contributed by atoms with Crippen LogP contribution < -0.4 is 10.2 Å². The van der Waals surface area contributed by atoms with Crippen LogP contribution in [0.15, 0.2) is 53.4 Å². The summed E-state index contributed by atoms with van der Waals surface area (Å²) in [5, 5.41) is 2.55. The van der Waals surface area contributed by atoms with Crippen LogP contribution in [0.4, 0.5) is 10.1 Å². The number of carbonyl (C=O) groups excluding carboxylic acids is 2. The topological polar surface area (TPSA) is 49.4 Å². The van der Waals surface area contributed by atoms with E-state index in [1.165, 1.54) is 40.9 Å². The zero-order valence-corrected chi connectivity index (χ0v) is 14.8. The highest BCUT2D eigenvalue weighted by Crippen LogP contribution is 2.36. The number of amides is 2. The van der Waals surface area contributed by atoms with Crippen molar-refractivity contribution in [2.75, 3.05) is 11.9 Å². The van der Waals surface area contributed by atoms with Gasteiger partial charge in [-0.2, -0.15) is 0 Å². The van der Waals surface area contributed by atoms with E-state index < -0.39 is 0 Å². The Balaban J connectivity index is 1.85. The molecule has 0 aromatic heterocycles. The Morgan fingerprint density at radius 2 is 1.80 bits per heavy atom. The van der Waals surface area contributed by atoms with Gasteiger partial charge in [0.15, 0.2) is 4.32 Å². The molecule has 7 heteroatoms. The van der Waals surface area contributed by atoms with E-state index in [1.807, 2.05) is 0 Å². The normalized spacial score (nSPS) is 15.8. The summed E-state index contributed by atoms with van der Waals surface area (Å²) < 4.78 is 13.5. The molecule has 25 heavy (non-hydrogen) atoms. The number of thiocarbonyl (C=S) groups is 1. The second kappa shape index (κ2) is 7.16. The number of nitrogens with one attached hydrogen (secondary N) is 1. The summed E-state index contributed by atoms with van der Waals surface area (Å²) in [4.78, 5) is 26.0. The van der Waals surface area contributed by atoms with Crippen molar-refractivity contribution in [1.82, 2.24) is 5.32 Å². The third-order valence-electron chi connectivity index (χ3n) is 3.58. The van der Waals surface area contributed by atoms with Crippen molar-refractivity contribution < 1.29 is 14.0 Å². The molecule has 126 valence electrons. The molecule has 0 bridgehead atoms. The molecule has 1 aliphatic heterocycles. The molecule has 2 aromatic carbocycles. The minimum Gasteiger partial charge on any atom is -0.355 e. The van der Waals surface area contributed by atoms with E-state index in [0.717, 1.165) is 5.56 Å². The van der Waals surface area contributed by atoms with Gasteiger partial charge in [0.25, 0.3) is 11.8 Å². The average Bonchev–Trinajstić information content (AvgIpc) is 2.89. The van der Waals surface area contributed by atoms with Gasteiger partial charge in [-0.15, -0.1) is 0 Å². The van der Waals surface area contributed by atoms with E-state index in [4.69, 9.17) is 12.2 Å². The average molecular weight is 372 g/mol. The number of benzene rings is 2. The molecule has 2 aromatic rings. The minimum atomic E-state index is -0.374. The van der Waals surface area contributed by atoms with Gasteiger partial charge in [0, 0.05) is 12.6 Å². The molecule has 0 radical (unpaired) electrons. The van der Waals surface area contributed by atoms with Gasteiger partial charge in [-0.25, -0.2) is 4.39 Å². The van der Waals surface area contributed by atoms with Gasteiger partial charge < -0.3 is 5.32 Å². The molecule has 1 heterocycles. The smallest absolute Gasteiger partial charge is 0.270 e. The Labute approximate surface area is 153 Å². The van der Waals surface area contributed by atoms with Crippen LogP contribution in [0.5, 0.6) is 0 Å². The molecule has 4 nitrogen and oxygen atoms in total. The van der Waals surface area contributed by atoms with Crippen LogP contribution in [0, 0.1) is 5.82 Å². The first-order chi connectivity index (χ1) is 12.0. The van der Waals surface area contributed by atoms with Crippen molar-refractivity contribution >= 4 is 51.9 Å². The zero-order chi connectivity index (χ0) is 18.0. The van der Waals surface area contributed by atoms with E-state index in [1.54, 1.807) is 37.4 Å². The summed E-state index contributed by atoms with van der Waals surface area (Å²) in [5.41, 5.74) is 1.85. The lowest BCUT2D eigenvalue weighted by molar-refractivity contribution is -0.113. The number of halogens is 1. The van der Waals surface area contributed by atoms with Gasteiger partial charge >= 0.3 is 0 Å². The fraction of sp³-hybridized carbons (Fsp3) is 0.0556. The molecule has 1 fully saturated rings. The molecule has 1 saturated heterocycles. The SMILES string of the molecule is CNC(=O)c1ccc(/C=C2/SC(=S)N(c3ccc(F)cc3)C2=O)cc1. The van der Waals surface area contributed by atoms with Crippen LogP contribution in [0.1, 0.15) is 15.9 Å². The number of thioether (sulfide) groups is 1. The molecular weight excluding hydrogens is 359 g/mol. The van der Waals surface area contributed by atoms with Crippen molar-refractivity contribution in [3.63, 3.8) is 0 Å². The summed E-state index contributed by atoms with van der Waals surface area (Å²) in [5.74, 6) is -0.799. The number of carbonyl (C=O) groups is 2. The molecule has 3 rings (SSSR count). The van der Waals surface area contributed by atoms with Gasteiger partial charge in [-0.3, -0.25) is 14.5 Å². The third kappa shape index (κ3) is 3.62. The lowest BCUT2D eigenvalue weighted by atomic mass is 10.1. The van der Waals surface area contributed by atoms with Crippen molar-refractivity contribution in [3.8, 4) is 0 Å². The van der Waals surface area contributed by atoms with Crippen LogP contribution in [0.2, 0.25) is 0 Å². The summed E-state index contributed by atoms with van der Waals surface area (Å²) in [7, 11) is 1.57. The maximum atomic E-state index is 13.1. The van der Waals surface area contributed by atoms with Gasteiger partial charge in [-0.05, 0) is 48.0 Å². The quantitative estimate of drug-likeness (QED) is 0.661. The molecule has 1 aliphatic rings. The van der Waals surface area contributed by atoms with E-state index in [9.17, 15) is 14.0 Å². The molecular formula is C18H13FN2O2S2. The van der Waals surface area contributed by atoms with Crippen molar-refractivity contribution in [1.29, 1.82) is 0 Å². The number of anilines is 1. The molecule has 0 saturated carbocycles. The molecule has 0 atom stereocenters. The van der Waals surface area contributed by atoms with Crippen molar-refractivity contribution in [3.05, 3.63) is 70.4 Å². The molecule has 0 unspecified atom stereocenters. The number of hydrogen-bond acceptors (Lipinski definition) is 4. The van der Waals surface area contributed by atoms with Crippen LogP contribution in [0.25, 0.3) is 6.08 Å². The third-order valence-corrected chi connectivity index (χ3v) is 4.88. The molecule has 2 amide bonds. The second-order valence-corrected chi connectivity index (χ2v) is 6.87. The Morgan fingerprint density at radius 3 is 2.40 bits per heavy atom. The lowest BCUT2D eigenvalue weighted by Gasteiger charge is -2.14. The first-order valence-corrected chi connectivity index (χ1v) is 8.58. The monoisotopic (exact) mass is 372 g/mol. The Hall–Kier alpha value is -2.51. The van der Waals surface area contributed by atoms with Gasteiger partial charge in [-0.1, -0.05) is 36.1 Å². The van der Waals surface area contributed by atoms with Crippen molar-refractivity contribution in [2.45, 2.75) is 0 Å². The fourth-order valence-corrected chi connectivity index (χ4v) is 3.61. The first-order valence-electron chi connectivity index (χ1n) is 7.35. The molecule has 0 spiro atoms. The lowest BCUT2D eigenvalue weighted by Crippen LogP contribution is -2.27. The standard InChI is InChI=1S/C18H13FN2O2S2/c1-20-16(22)12-4-2-11(3-5-12)10-15-17(23)21(18(24)25-15)14-8-6-13(19)7-9-14/h2-10H,1H3,(H,20,22)/b15-10+. The van der Waals surface area contributed by atoms with Crippen LogP contribution >= 0.6 is 24.0 Å². The van der Waals surface area contributed by atoms with Crippen LogP contribution in [-0.4, -0.2) is 23.2 Å². The van der Waals surface area contributed by atoms with Gasteiger partial charge in [0.05, 0.1) is 10.6 Å². The fourth-order valence-electron chi connectivity index (χ4n) is 2.31. The highest BCUT2D eigenvalue weighted by Gasteiger charge is 2.33. The van der Waals surface area contributed by atoms with Gasteiger partial charge in [0.1, 0.15) is 5.82 Å². The largest absolute Gasteiger partial charge is 0.355 e. The van der Waals surface area contributed by atoms with Gasteiger partial charge in [0.2, 0.25) is 0 Å². The van der Waals surface area contributed by atoms with Crippen LogP contribution in [-0.2, 0) is 4.79 Å². The summed E-state index contributed by atoms with van der Waals surface area (Å²) in [6.45, 7) is 0. The highest BCUT2D eigenvalue weighted by atomic mass is 32.2. The van der Waals surface area contributed by atoms with Crippen molar-refractivity contribution in [2.24, 2.45) is 0 Å². The Morgan fingerprint density at radius 1 is 1.16 bits per heavy atom. The maximum absolute atomic E-state index is 13.1. The maximum Gasteiger partial charge on any atom is 0.270 e. The second-order valence-electron chi connectivity index (χ2n) is 5.19. The Kier molecular flexibility index (Phi) is 4.96. The van der Waals surface area contributed by atoms with E-state index in [2.05, 4.69) is 5.32 Å². The number of rotatable bonds is 3. The Bertz CT molecular complexity index is 877. The summed E-state index contributed by atoms with van der Waals surface area (Å²) in [6, 6.07) is 12.5. The van der Waals surface area contributed by atoms with Crippen LogP contribution in [0.3, 0.4) is 0 Å². The number of hydrogen-bond donors (Lipinski definition) is 1.